The summed E-state index contributed by atoms with van der Waals surface area (Å²) >= 11 is 0. The highest BCUT2D eigenvalue weighted by Gasteiger charge is 2.17. The Balaban J connectivity index is 1.58. The number of hydrogen-bond donors (Lipinski definition) is 2. The number of anilines is 1. The van der Waals surface area contributed by atoms with Crippen molar-refractivity contribution in [2.75, 3.05) is 45.1 Å². The van der Waals surface area contributed by atoms with E-state index in [0.29, 0.717) is 13.2 Å². The molecule has 118 valence electrons. The number of piperazine rings is 1. The SMILES string of the molecule is CN1CCN(CC(=O)Nc2ccc3c(c2)COC(N)=N3)CC1. The predicted molar refractivity (Wildman–Crippen MR) is 85.1 cm³/mol. The molecular formula is C15H21N5O2. The molecule has 0 unspecified atom stereocenters. The maximum absolute atomic E-state index is 12.1. The third kappa shape index (κ3) is 3.55. The van der Waals surface area contributed by atoms with Crippen LogP contribution in [0.3, 0.4) is 0 Å². The standard InChI is InChI=1S/C15H21N5O2/c1-19-4-6-20(7-5-19)9-14(21)17-12-2-3-13-11(8-12)10-22-15(16)18-13/h2-3,8H,4-7,9-10H2,1H3,(H2,16,18)(H,17,21). The first-order valence-electron chi connectivity index (χ1n) is 7.41. The molecule has 1 aromatic carbocycles. The van der Waals surface area contributed by atoms with Gasteiger partial charge in [-0.1, -0.05) is 0 Å². The minimum atomic E-state index is 0.00393. The van der Waals surface area contributed by atoms with Crippen LogP contribution in [-0.2, 0) is 16.1 Å². The molecule has 2 aliphatic heterocycles. The van der Waals surface area contributed by atoms with Gasteiger partial charge in [0, 0.05) is 37.4 Å². The fourth-order valence-corrected chi connectivity index (χ4v) is 2.60. The summed E-state index contributed by atoms with van der Waals surface area (Å²) in [5.74, 6) is 0.00393. The number of fused-ring (bicyclic) bond motifs is 1. The van der Waals surface area contributed by atoms with Crippen LogP contribution in [0.5, 0.6) is 0 Å². The molecule has 0 aromatic heterocycles. The van der Waals surface area contributed by atoms with Crippen molar-refractivity contribution in [3.63, 3.8) is 0 Å². The quantitative estimate of drug-likeness (QED) is 0.842. The Morgan fingerprint density at radius 2 is 2.14 bits per heavy atom. The van der Waals surface area contributed by atoms with Gasteiger partial charge in [-0.25, -0.2) is 0 Å². The van der Waals surface area contributed by atoms with Crippen LogP contribution >= 0.6 is 0 Å². The number of amidine groups is 1. The largest absolute Gasteiger partial charge is 0.460 e. The zero-order valence-corrected chi connectivity index (χ0v) is 12.7. The maximum Gasteiger partial charge on any atom is 0.287 e. The summed E-state index contributed by atoms with van der Waals surface area (Å²) in [4.78, 5) is 20.7. The number of carbonyl (C=O) groups is 1. The van der Waals surface area contributed by atoms with E-state index in [1.807, 2.05) is 18.2 Å². The Kier molecular flexibility index (Phi) is 4.26. The van der Waals surface area contributed by atoms with E-state index in [9.17, 15) is 4.79 Å². The second kappa shape index (κ2) is 6.33. The van der Waals surface area contributed by atoms with Crippen LogP contribution in [0.1, 0.15) is 5.56 Å². The molecule has 1 fully saturated rings. The number of nitrogens with one attached hydrogen (secondary N) is 1. The summed E-state index contributed by atoms with van der Waals surface area (Å²) in [5, 5.41) is 2.93. The highest BCUT2D eigenvalue weighted by Crippen LogP contribution is 2.26. The van der Waals surface area contributed by atoms with E-state index in [0.717, 1.165) is 43.1 Å². The molecule has 0 atom stereocenters. The Morgan fingerprint density at radius 3 is 2.91 bits per heavy atom. The van der Waals surface area contributed by atoms with E-state index < -0.39 is 0 Å². The number of hydrogen-bond acceptors (Lipinski definition) is 6. The highest BCUT2D eigenvalue weighted by atomic mass is 16.5. The zero-order chi connectivity index (χ0) is 15.5. The van der Waals surface area contributed by atoms with E-state index >= 15 is 0 Å². The van der Waals surface area contributed by atoms with Gasteiger partial charge in [0.05, 0.1) is 12.2 Å². The number of nitrogens with two attached hydrogens (primary N) is 1. The lowest BCUT2D eigenvalue weighted by Crippen LogP contribution is -2.47. The second-order valence-electron chi connectivity index (χ2n) is 5.71. The Morgan fingerprint density at radius 1 is 1.36 bits per heavy atom. The monoisotopic (exact) mass is 303 g/mol. The molecule has 0 saturated carbocycles. The van der Waals surface area contributed by atoms with Crippen LogP contribution in [0.2, 0.25) is 0 Å². The molecule has 22 heavy (non-hydrogen) atoms. The average Bonchev–Trinajstić information content (AvgIpc) is 2.50. The minimum Gasteiger partial charge on any atom is -0.460 e. The first kappa shape index (κ1) is 14.8. The summed E-state index contributed by atoms with van der Waals surface area (Å²) in [5.41, 5.74) is 8.01. The van der Waals surface area contributed by atoms with Crippen molar-refractivity contribution in [3.8, 4) is 0 Å². The van der Waals surface area contributed by atoms with Crippen molar-refractivity contribution < 1.29 is 9.53 Å². The topological polar surface area (TPSA) is 83.2 Å². The van der Waals surface area contributed by atoms with E-state index in [2.05, 4.69) is 27.2 Å². The summed E-state index contributed by atoms with van der Waals surface area (Å²) in [6.45, 7) is 4.66. The van der Waals surface area contributed by atoms with Gasteiger partial charge in [-0.05, 0) is 25.2 Å². The van der Waals surface area contributed by atoms with Crippen LogP contribution in [0.15, 0.2) is 23.2 Å². The highest BCUT2D eigenvalue weighted by molar-refractivity contribution is 5.92. The molecule has 0 spiro atoms. The fourth-order valence-electron chi connectivity index (χ4n) is 2.60. The van der Waals surface area contributed by atoms with Gasteiger partial charge in [0.25, 0.3) is 6.02 Å². The number of benzene rings is 1. The third-order valence-corrected chi connectivity index (χ3v) is 3.93. The molecule has 0 aliphatic carbocycles. The van der Waals surface area contributed by atoms with Crippen LogP contribution < -0.4 is 11.1 Å². The number of nitrogens with zero attached hydrogens (tertiary/aromatic N) is 3. The van der Waals surface area contributed by atoms with E-state index in [1.54, 1.807) is 0 Å². The molecular weight excluding hydrogens is 282 g/mol. The molecule has 7 nitrogen and oxygen atoms in total. The van der Waals surface area contributed by atoms with Crippen molar-refractivity contribution in [1.82, 2.24) is 9.80 Å². The predicted octanol–water partition coefficient (Wildman–Crippen LogP) is 0.349. The molecule has 1 amide bonds. The zero-order valence-electron chi connectivity index (χ0n) is 12.7. The number of likely N-dealkylation sites (N-methyl/N-ethyl adjacent to an activating group) is 1. The number of amides is 1. The third-order valence-electron chi connectivity index (χ3n) is 3.93. The fraction of sp³-hybridized carbons (Fsp3) is 0.467. The van der Waals surface area contributed by atoms with Crippen LogP contribution in [0.4, 0.5) is 11.4 Å². The summed E-state index contributed by atoms with van der Waals surface area (Å²) in [6.07, 6.45) is 0. The van der Waals surface area contributed by atoms with Gasteiger partial charge < -0.3 is 20.7 Å². The smallest absolute Gasteiger partial charge is 0.287 e. The van der Waals surface area contributed by atoms with Gasteiger partial charge >= 0.3 is 0 Å². The number of carbonyl (C=O) groups excluding carboxylic acids is 1. The molecule has 3 N–H and O–H groups in total. The second-order valence-corrected chi connectivity index (χ2v) is 5.71. The number of ether oxygens (including phenoxy) is 1. The summed E-state index contributed by atoms with van der Waals surface area (Å²) < 4.78 is 5.20. The van der Waals surface area contributed by atoms with Gasteiger partial charge in [-0.3, -0.25) is 9.69 Å². The van der Waals surface area contributed by atoms with Crippen molar-refractivity contribution in [3.05, 3.63) is 23.8 Å². The van der Waals surface area contributed by atoms with Gasteiger partial charge in [0.15, 0.2) is 0 Å². The first-order valence-corrected chi connectivity index (χ1v) is 7.41. The molecule has 0 radical (unpaired) electrons. The van der Waals surface area contributed by atoms with Gasteiger partial charge in [0.1, 0.15) is 6.61 Å². The minimum absolute atomic E-state index is 0.00393. The number of aliphatic imine (C=N–C) groups is 1. The van der Waals surface area contributed by atoms with Crippen molar-refractivity contribution >= 4 is 23.3 Å². The van der Waals surface area contributed by atoms with Gasteiger partial charge in [-0.2, -0.15) is 4.99 Å². The summed E-state index contributed by atoms with van der Waals surface area (Å²) in [6, 6.07) is 5.74. The molecule has 3 rings (SSSR count). The molecule has 1 saturated heterocycles. The van der Waals surface area contributed by atoms with Crippen molar-refractivity contribution in [2.24, 2.45) is 10.7 Å². The average molecular weight is 303 g/mol. The van der Waals surface area contributed by atoms with E-state index in [4.69, 9.17) is 10.5 Å². The molecule has 1 aromatic rings. The molecule has 2 heterocycles. The first-order chi connectivity index (χ1) is 10.6. The maximum atomic E-state index is 12.1. The Bertz CT molecular complexity index is 594. The van der Waals surface area contributed by atoms with Crippen LogP contribution in [-0.4, -0.2) is 61.5 Å². The van der Waals surface area contributed by atoms with Crippen molar-refractivity contribution in [1.29, 1.82) is 0 Å². The Hall–Kier alpha value is -2.12. The molecule has 7 heteroatoms. The lowest BCUT2D eigenvalue weighted by Gasteiger charge is -2.31. The van der Waals surface area contributed by atoms with Crippen LogP contribution in [0.25, 0.3) is 0 Å². The lowest BCUT2D eigenvalue weighted by molar-refractivity contribution is -0.117. The summed E-state index contributed by atoms with van der Waals surface area (Å²) in [7, 11) is 2.10. The van der Waals surface area contributed by atoms with E-state index in [-0.39, 0.29) is 11.9 Å². The van der Waals surface area contributed by atoms with Crippen molar-refractivity contribution in [2.45, 2.75) is 6.61 Å². The number of rotatable bonds is 3. The van der Waals surface area contributed by atoms with Gasteiger partial charge in [0.2, 0.25) is 5.91 Å². The normalized spacial score (nSPS) is 19.0. The van der Waals surface area contributed by atoms with Crippen LogP contribution in [0, 0.1) is 0 Å². The molecule has 2 aliphatic rings. The lowest BCUT2D eigenvalue weighted by atomic mass is 10.1. The molecule has 0 bridgehead atoms. The van der Waals surface area contributed by atoms with Gasteiger partial charge in [-0.15, -0.1) is 0 Å². The van der Waals surface area contributed by atoms with E-state index in [1.165, 1.54) is 0 Å². The Labute approximate surface area is 129 Å².